The van der Waals surface area contributed by atoms with Crippen molar-refractivity contribution < 1.29 is 14.3 Å². The fraction of sp³-hybridized carbons (Fsp3) is 0.250. The number of hydrogen-bond acceptors (Lipinski definition) is 5. The van der Waals surface area contributed by atoms with Gasteiger partial charge in [-0.1, -0.05) is 24.3 Å². The number of benzene rings is 2. The van der Waals surface area contributed by atoms with Gasteiger partial charge in [-0.3, -0.25) is 9.59 Å². The summed E-state index contributed by atoms with van der Waals surface area (Å²) in [5.74, 6) is 1.04. The molecule has 0 bridgehead atoms. The first-order valence-corrected chi connectivity index (χ1v) is 8.55. The van der Waals surface area contributed by atoms with Gasteiger partial charge in [0.05, 0.1) is 25.8 Å². The predicted octanol–water partition coefficient (Wildman–Crippen LogP) is 1.77. The standard InChI is InChI=1S/C20H21N3O4/c1-26-17-8-7-14(11-18(17)27-2)9-10-21-19(24)13-23-20(25)16-6-4-3-5-15(16)12-22-23/h3-8,11-12H,9-10,13H2,1-2H3,(H,21,24). The van der Waals surface area contributed by atoms with Crippen LogP contribution in [-0.4, -0.2) is 36.5 Å². The predicted molar refractivity (Wildman–Crippen MR) is 102 cm³/mol. The summed E-state index contributed by atoms with van der Waals surface area (Å²) in [6.07, 6.45) is 2.22. The molecule has 0 fully saturated rings. The molecule has 7 heteroatoms. The zero-order valence-electron chi connectivity index (χ0n) is 15.3. The van der Waals surface area contributed by atoms with Gasteiger partial charge in [-0.15, -0.1) is 0 Å². The van der Waals surface area contributed by atoms with E-state index >= 15 is 0 Å². The Kier molecular flexibility index (Phi) is 5.71. The van der Waals surface area contributed by atoms with Gasteiger partial charge in [0.1, 0.15) is 6.54 Å². The highest BCUT2D eigenvalue weighted by Crippen LogP contribution is 2.27. The Morgan fingerprint density at radius 3 is 2.67 bits per heavy atom. The van der Waals surface area contributed by atoms with Crippen LogP contribution in [0.25, 0.3) is 10.8 Å². The van der Waals surface area contributed by atoms with Gasteiger partial charge in [0.25, 0.3) is 5.56 Å². The molecular formula is C20H21N3O4. The Morgan fingerprint density at radius 1 is 1.11 bits per heavy atom. The molecule has 3 rings (SSSR count). The van der Waals surface area contributed by atoms with E-state index in [-0.39, 0.29) is 18.0 Å². The Hall–Kier alpha value is -3.35. The molecule has 0 aliphatic carbocycles. The number of methoxy groups -OCH3 is 2. The molecule has 0 aliphatic rings. The van der Waals surface area contributed by atoms with Crippen LogP contribution in [0.4, 0.5) is 0 Å². The molecule has 140 valence electrons. The monoisotopic (exact) mass is 367 g/mol. The van der Waals surface area contributed by atoms with E-state index < -0.39 is 0 Å². The summed E-state index contributed by atoms with van der Waals surface area (Å²) in [4.78, 5) is 24.5. The summed E-state index contributed by atoms with van der Waals surface area (Å²) in [7, 11) is 3.16. The van der Waals surface area contributed by atoms with Crippen molar-refractivity contribution in [1.82, 2.24) is 15.1 Å². The first kappa shape index (κ1) is 18.4. The zero-order valence-corrected chi connectivity index (χ0v) is 15.3. The molecule has 0 spiro atoms. The lowest BCUT2D eigenvalue weighted by Gasteiger charge is -2.10. The van der Waals surface area contributed by atoms with Crippen molar-refractivity contribution in [3.05, 3.63) is 64.6 Å². The number of rotatable bonds is 7. The first-order chi connectivity index (χ1) is 13.1. The lowest BCUT2D eigenvalue weighted by atomic mass is 10.1. The van der Waals surface area contributed by atoms with Crippen LogP contribution in [0.15, 0.2) is 53.5 Å². The summed E-state index contributed by atoms with van der Waals surface area (Å²) < 4.78 is 11.7. The molecule has 3 aromatic rings. The second-order valence-corrected chi connectivity index (χ2v) is 5.98. The highest BCUT2D eigenvalue weighted by Gasteiger charge is 2.09. The Morgan fingerprint density at radius 2 is 1.89 bits per heavy atom. The number of aromatic nitrogens is 2. The van der Waals surface area contributed by atoms with E-state index in [1.807, 2.05) is 30.3 Å². The third-order valence-corrected chi connectivity index (χ3v) is 4.24. The number of fused-ring (bicyclic) bond motifs is 1. The van der Waals surface area contributed by atoms with E-state index in [0.717, 1.165) is 10.9 Å². The third kappa shape index (κ3) is 4.25. The van der Waals surface area contributed by atoms with Gasteiger partial charge in [0.15, 0.2) is 11.5 Å². The average molecular weight is 367 g/mol. The van der Waals surface area contributed by atoms with Crippen LogP contribution in [0.1, 0.15) is 5.56 Å². The van der Waals surface area contributed by atoms with Crippen LogP contribution in [-0.2, 0) is 17.8 Å². The van der Waals surface area contributed by atoms with Crippen molar-refractivity contribution >= 4 is 16.7 Å². The van der Waals surface area contributed by atoms with E-state index in [1.165, 1.54) is 4.68 Å². The minimum Gasteiger partial charge on any atom is -0.493 e. The fourth-order valence-corrected chi connectivity index (χ4v) is 2.81. The van der Waals surface area contributed by atoms with Crippen molar-refractivity contribution in [1.29, 1.82) is 0 Å². The molecule has 0 saturated carbocycles. The first-order valence-electron chi connectivity index (χ1n) is 8.55. The van der Waals surface area contributed by atoms with Crippen molar-refractivity contribution in [2.75, 3.05) is 20.8 Å². The van der Waals surface area contributed by atoms with Gasteiger partial charge in [0, 0.05) is 11.9 Å². The lowest BCUT2D eigenvalue weighted by Crippen LogP contribution is -2.34. The molecule has 0 radical (unpaired) electrons. The highest BCUT2D eigenvalue weighted by molar-refractivity contribution is 5.81. The van der Waals surface area contributed by atoms with Gasteiger partial charge in [-0.25, -0.2) is 4.68 Å². The van der Waals surface area contributed by atoms with Gasteiger partial charge in [0.2, 0.25) is 5.91 Å². The SMILES string of the molecule is COc1ccc(CCNC(=O)Cn2ncc3ccccc3c2=O)cc1OC. The zero-order chi connectivity index (χ0) is 19.2. The second-order valence-electron chi connectivity index (χ2n) is 5.98. The second kappa shape index (κ2) is 8.35. The molecule has 1 amide bonds. The topological polar surface area (TPSA) is 82.5 Å². The van der Waals surface area contributed by atoms with Crippen LogP contribution in [0.3, 0.4) is 0 Å². The van der Waals surface area contributed by atoms with E-state index in [2.05, 4.69) is 10.4 Å². The van der Waals surface area contributed by atoms with Crippen LogP contribution < -0.4 is 20.3 Å². The molecule has 0 unspecified atom stereocenters. The third-order valence-electron chi connectivity index (χ3n) is 4.24. The Bertz CT molecular complexity index is 1010. The summed E-state index contributed by atoms with van der Waals surface area (Å²) in [6, 6.07) is 12.8. The molecule has 2 aromatic carbocycles. The number of hydrogen-bond donors (Lipinski definition) is 1. The normalized spacial score (nSPS) is 10.6. The number of nitrogens with zero attached hydrogens (tertiary/aromatic N) is 2. The van der Waals surface area contributed by atoms with E-state index in [9.17, 15) is 9.59 Å². The van der Waals surface area contributed by atoms with Gasteiger partial charge in [-0.2, -0.15) is 5.10 Å². The molecular weight excluding hydrogens is 346 g/mol. The smallest absolute Gasteiger partial charge is 0.275 e. The number of nitrogens with one attached hydrogen (secondary N) is 1. The summed E-state index contributed by atoms with van der Waals surface area (Å²) in [5, 5.41) is 8.18. The quantitative estimate of drug-likeness (QED) is 0.688. The van der Waals surface area contributed by atoms with E-state index in [4.69, 9.17) is 9.47 Å². The minimum atomic E-state index is -0.275. The highest BCUT2D eigenvalue weighted by atomic mass is 16.5. The molecule has 0 saturated heterocycles. The van der Waals surface area contributed by atoms with Gasteiger partial charge < -0.3 is 14.8 Å². The minimum absolute atomic E-state index is 0.115. The molecule has 27 heavy (non-hydrogen) atoms. The lowest BCUT2D eigenvalue weighted by molar-refractivity contribution is -0.121. The van der Waals surface area contributed by atoms with Crippen LogP contribution in [0.2, 0.25) is 0 Å². The van der Waals surface area contributed by atoms with Crippen molar-refractivity contribution in [3.8, 4) is 11.5 Å². The summed E-state index contributed by atoms with van der Waals surface area (Å²) in [5.41, 5.74) is 0.733. The fourth-order valence-electron chi connectivity index (χ4n) is 2.81. The number of ether oxygens (including phenoxy) is 2. The summed E-state index contributed by atoms with van der Waals surface area (Å²) in [6.45, 7) is 0.326. The van der Waals surface area contributed by atoms with E-state index in [1.54, 1.807) is 32.5 Å². The van der Waals surface area contributed by atoms with E-state index in [0.29, 0.717) is 29.9 Å². The van der Waals surface area contributed by atoms with Crippen molar-refractivity contribution in [2.45, 2.75) is 13.0 Å². The largest absolute Gasteiger partial charge is 0.493 e. The number of carbonyl (C=O) groups is 1. The summed E-state index contributed by atoms with van der Waals surface area (Å²) >= 11 is 0. The molecule has 1 N–H and O–H groups in total. The molecule has 1 aromatic heterocycles. The van der Waals surface area contributed by atoms with Crippen LogP contribution in [0, 0.1) is 0 Å². The Labute approximate surface area is 156 Å². The average Bonchev–Trinajstić information content (AvgIpc) is 2.70. The van der Waals surface area contributed by atoms with Crippen LogP contribution >= 0.6 is 0 Å². The van der Waals surface area contributed by atoms with Gasteiger partial charge in [-0.05, 0) is 30.2 Å². The molecule has 0 aliphatic heterocycles. The molecule has 0 atom stereocenters. The number of carbonyl (C=O) groups excluding carboxylic acids is 1. The van der Waals surface area contributed by atoms with Crippen LogP contribution in [0.5, 0.6) is 11.5 Å². The van der Waals surface area contributed by atoms with Crippen molar-refractivity contribution in [3.63, 3.8) is 0 Å². The molecule has 7 nitrogen and oxygen atoms in total. The Balaban J connectivity index is 1.59. The maximum Gasteiger partial charge on any atom is 0.275 e. The maximum atomic E-state index is 12.4. The number of amides is 1. The van der Waals surface area contributed by atoms with Gasteiger partial charge >= 0.3 is 0 Å². The maximum absolute atomic E-state index is 12.4. The van der Waals surface area contributed by atoms with Crippen molar-refractivity contribution in [2.24, 2.45) is 0 Å². The molecule has 1 heterocycles.